The van der Waals surface area contributed by atoms with Gasteiger partial charge in [-0.1, -0.05) is 36.4 Å². The molecular weight excluding hydrogens is 322 g/mol. The number of rotatable bonds is 6. The molecule has 0 aliphatic carbocycles. The van der Waals surface area contributed by atoms with E-state index in [0.29, 0.717) is 0 Å². The fraction of sp³-hybridized carbons (Fsp3) is 0.474. The van der Waals surface area contributed by atoms with E-state index in [2.05, 4.69) is 6.58 Å². The second-order valence-electron chi connectivity index (χ2n) is 5.86. The van der Waals surface area contributed by atoms with Crippen LogP contribution in [0.4, 0.5) is 0 Å². The maximum absolute atomic E-state index is 13.0. The molecule has 0 N–H and O–H groups in total. The largest absolute Gasteiger partial charge is 0.465 e. The Bertz CT molecular complexity index is 598. The number of benzene rings is 1. The van der Waals surface area contributed by atoms with Crippen molar-refractivity contribution < 1.29 is 23.9 Å². The first-order chi connectivity index (χ1) is 12.0. The summed E-state index contributed by atoms with van der Waals surface area (Å²) in [7, 11) is 1.69. The van der Waals surface area contributed by atoms with Gasteiger partial charge in [-0.05, 0) is 19.4 Å². The van der Waals surface area contributed by atoms with E-state index in [1.807, 2.05) is 30.3 Å². The third-order valence-corrected chi connectivity index (χ3v) is 4.31. The Kier molecular flexibility index (Phi) is 6.33. The van der Waals surface area contributed by atoms with Gasteiger partial charge >= 0.3 is 11.9 Å². The van der Waals surface area contributed by atoms with Crippen LogP contribution in [0.25, 0.3) is 0 Å². The van der Waals surface area contributed by atoms with Crippen LogP contribution < -0.4 is 0 Å². The van der Waals surface area contributed by atoms with Crippen molar-refractivity contribution >= 4 is 11.9 Å². The summed E-state index contributed by atoms with van der Waals surface area (Å²) in [6, 6.07) is 8.62. The van der Waals surface area contributed by atoms with E-state index in [1.54, 1.807) is 27.0 Å². The Morgan fingerprint density at radius 3 is 2.28 bits per heavy atom. The number of hydrogen-bond acceptors (Lipinski definition) is 6. The van der Waals surface area contributed by atoms with Crippen LogP contribution >= 0.6 is 0 Å². The molecule has 0 saturated carbocycles. The van der Waals surface area contributed by atoms with Gasteiger partial charge in [-0.15, -0.1) is 6.58 Å². The molecule has 1 aliphatic heterocycles. The molecule has 0 bridgehead atoms. The smallest absolute Gasteiger partial charge is 0.325 e. The summed E-state index contributed by atoms with van der Waals surface area (Å²) in [5, 5.41) is 1.53. The topological polar surface area (TPSA) is 65.1 Å². The summed E-state index contributed by atoms with van der Waals surface area (Å²) < 4.78 is 10.6. The highest BCUT2D eigenvalue weighted by Crippen LogP contribution is 2.48. The number of carbonyl (C=O) groups is 2. The Morgan fingerprint density at radius 2 is 1.80 bits per heavy atom. The lowest BCUT2D eigenvalue weighted by atomic mass is 9.71. The molecule has 2 atom stereocenters. The van der Waals surface area contributed by atoms with Gasteiger partial charge in [0.05, 0.1) is 25.4 Å². The highest BCUT2D eigenvalue weighted by molar-refractivity contribution is 6.01. The van der Waals surface area contributed by atoms with Crippen molar-refractivity contribution in [2.45, 2.75) is 32.4 Å². The van der Waals surface area contributed by atoms with Crippen LogP contribution in [0.5, 0.6) is 0 Å². The van der Waals surface area contributed by atoms with Gasteiger partial charge in [0.2, 0.25) is 0 Å². The molecule has 1 aromatic carbocycles. The molecule has 1 aliphatic rings. The SMILES string of the molecule is C=C[C@H]1CC(C(=O)OCC)(C(=O)OCC)[C@@H](c2ccccc2)N(C)O1. The lowest BCUT2D eigenvalue weighted by Gasteiger charge is -2.46. The van der Waals surface area contributed by atoms with Crippen LogP contribution in [0.15, 0.2) is 43.0 Å². The first kappa shape index (κ1) is 19.1. The Labute approximate surface area is 148 Å². The van der Waals surface area contributed by atoms with Crippen molar-refractivity contribution in [1.82, 2.24) is 5.06 Å². The lowest BCUT2D eigenvalue weighted by Crippen LogP contribution is -2.57. The quantitative estimate of drug-likeness (QED) is 0.448. The monoisotopic (exact) mass is 347 g/mol. The molecule has 1 heterocycles. The normalized spacial score (nSPS) is 22.8. The maximum Gasteiger partial charge on any atom is 0.325 e. The predicted molar refractivity (Wildman–Crippen MR) is 92.3 cm³/mol. The van der Waals surface area contributed by atoms with E-state index in [0.717, 1.165) is 5.56 Å². The predicted octanol–water partition coefficient (Wildman–Crippen LogP) is 2.66. The van der Waals surface area contributed by atoms with E-state index in [-0.39, 0.29) is 19.6 Å². The van der Waals surface area contributed by atoms with Crippen molar-refractivity contribution in [1.29, 1.82) is 0 Å². The number of hydroxylamine groups is 2. The van der Waals surface area contributed by atoms with Gasteiger partial charge < -0.3 is 9.47 Å². The van der Waals surface area contributed by atoms with Crippen LogP contribution in [-0.4, -0.2) is 43.4 Å². The van der Waals surface area contributed by atoms with E-state index in [9.17, 15) is 9.59 Å². The van der Waals surface area contributed by atoms with Gasteiger partial charge in [-0.2, -0.15) is 5.06 Å². The fourth-order valence-corrected chi connectivity index (χ4v) is 3.30. The average molecular weight is 347 g/mol. The molecule has 0 aromatic heterocycles. The standard InChI is InChI=1S/C19H25NO5/c1-5-15-13-19(17(21)23-6-2,18(22)24-7-3)16(20(4)25-15)14-11-9-8-10-12-14/h5,8-12,15-16H,1,6-7,13H2,2-4H3/t15-,16+/m0/s1. The van der Waals surface area contributed by atoms with E-state index < -0.39 is 29.5 Å². The molecule has 6 nitrogen and oxygen atoms in total. The zero-order valence-electron chi connectivity index (χ0n) is 14.9. The molecule has 0 radical (unpaired) electrons. The lowest BCUT2D eigenvalue weighted by molar-refractivity contribution is -0.265. The fourth-order valence-electron chi connectivity index (χ4n) is 3.30. The summed E-state index contributed by atoms with van der Waals surface area (Å²) in [6.07, 6.45) is 1.18. The molecule has 25 heavy (non-hydrogen) atoms. The molecule has 1 saturated heterocycles. The average Bonchev–Trinajstić information content (AvgIpc) is 2.61. The third-order valence-electron chi connectivity index (χ3n) is 4.31. The van der Waals surface area contributed by atoms with Crippen LogP contribution in [0.1, 0.15) is 31.9 Å². The van der Waals surface area contributed by atoms with Gasteiger partial charge in [0.15, 0.2) is 5.41 Å². The first-order valence-electron chi connectivity index (χ1n) is 8.42. The zero-order chi connectivity index (χ0) is 18.4. The molecule has 0 amide bonds. The van der Waals surface area contributed by atoms with Crippen molar-refractivity contribution in [3.63, 3.8) is 0 Å². The summed E-state index contributed by atoms with van der Waals surface area (Å²) in [6.45, 7) is 7.50. The molecule has 2 rings (SSSR count). The first-order valence-corrected chi connectivity index (χ1v) is 8.42. The number of ether oxygens (including phenoxy) is 2. The minimum atomic E-state index is -1.53. The molecular formula is C19H25NO5. The summed E-state index contributed by atoms with van der Waals surface area (Å²) in [5.74, 6) is -1.21. The number of carbonyl (C=O) groups excluding carboxylic acids is 2. The van der Waals surface area contributed by atoms with Crippen molar-refractivity contribution in [3.8, 4) is 0 Å². The highest BCUT2D eigenvalue weighted by atomic mass is 16.7. The second-order valence-corrected chi connectivity index (χ2v) is 5.86. The Morgan fingerprint density at radius 1 is 1.24 bits per heavy atom. The molecule has 0 unspecified atom stereocenters. The summed E-state index contributed by atoms with van der Waals surface area (Å²) in [5.41, 5.74) is -0.757. The van der Waals surface area contributed by atoms with Gasteiger partial charge in [0.1, 0.15) is 0 Å². The molecule has 1 aromatic rings. The zero-order valence-corrected chi connectivity index (χ0v) is 14.9. The molecule has 136 valence electrons. The van der Waals surface area contributed by atoms with E-state index in [1.165, 1.54) is 5.06 Å². The highest BCUT2D eigenvalue weighted by Gasteiger charge is 2.60. The van der Waals surface area contributed by atoms with Crippen molar-refractivity contribution in [2.24, 2.45) is 5.41 Å². The van der Waals surface area contributed by atoms with Crippen LogP contribution in [0.3, 0.4) is 0 Å². The summed E-state index contributed by atoms with van der Waals surface area (Å²) in [4.78, 5) is 31.8. The van der Waals surface area contributed by atoms with E-state index in [4.69, 9.17) is 14.3 Å². The van der Waals surface area contributed by atoms with Gasteiger partial charge in [-0.25, -0.2) is 0 Å². The van der Waals surface area contributed by atoms with Gasteiger partial charge in [0, 0.05) is 13.5 Å². The van der Waals surface area contributed by atoms with Crippen molar-refractivity contribution in [2.75, 3.05) is 20.3 Å². The minimum absolute atomic E-state index is 0.109. The minimum Gasteiger partial charge on any atom is -0.465 e. The van der Waals surface area contributed by atoms with Crippen LogP contribution in [-0.2, 0) is 23.9 Å². The molecule has 1 fully saturated rings. The number of esters is 2. The van der Waals surface area contributed by atoms with Gasteiger partial charge in [0.25, 0.3) is 0 Å². The second kappa shape index (κ2) is 8.27. The maximum atomic E-state index is 13.0. The van der Waals surface area contributed by atoms with E-state index >= 15 is 0 Å². The molecule has 6 heteroatoms. The summed E-state index contributed by atoms with van der Waals surface area (Å²) >= 11 is 0. The number of nitrogens with zero attached hydrogens (tertiary/aromatic N) is 1. The van der Waals surface area contributed by atoms with Gasteiger partial charge in [-0.3, -0.25) is 14.4 Å². The van der Waals surface area contributed by atoms with Crippen LogP contribution in [0.2, 0.25) is 0 Å². The van der Waals surface area contributed by atoms with Crippen molar-refractivity contribution in [3.05, 3.63) is 48.6 Å². The Hall–Kier alpha value is -2.18. The molecule has 0 spiro atoms. The number of hydrogen-bond donors (Lipinski definition) is 0. The van der Waals surface area contributed by atoms with Crippen LogP contribution in [0, 0.1) is 5.41 Å². The third kappa shape index (κ3) is 3.60. The Balaban J connectivity index is 2.62.